The number of nitrogens with zero attached hydrogens (tertiary/aromatic N) is 3. The molecule has 9 nitrogen and oxygen atoms in total. The summed E-state index contributed by atoms with van der Waals surface area (Å²) < 4.78 is 63.1. The summed E-state index contributed by atoms with van der Waals surface area (Å²) in [6, 6.07) is 8.62. The maximum atomic E-state index is 14.3. The van der Waals surface area contributed by atoms with Crippen LogP contribution < -0.4 is 27.5 Å². The molecule has 1 saturated carbocycles. The van der Waals surface area contributed by atoms with Gasteiger partial charge in [0.1, 0.15) is 17.2 Å². The Kier molecular flexibility index (Phi) is 8.08. The number of ether oxygens (including phenoxy) is 1. The molecule has 0 unspecified atom stereocenters. The average Bonchev–Trinajstić information content (AvgIpc) is 3.69. The summed E-state index contributed by atoms with van der Waals surface area (Å²) in [5, 5.41) is 4.00. The molecule has 1 aliphatic rings. The van der Waals surface area contributed by atoms with E-state index < -0.39 is 23.1 Å². The number of anilines is 1. The molecule has 0 atom stereocenters. The number of hydrazine groups is 1. The van der Waals surface area contributed by atoms with Crippen LogP contribution in [0.5, 0.6) is 0 Å². The van der Waals surface area contributed by atoms with Gasteiger partial charge in [-0.05, 0) is 61.7 Å². The van der Waals surface area contributed by atoms with E-state index in [0.29, 0.717) is 41.4 Å². The number of benzene rings is 1. The third-order valence-corrected chi connectivity index (χ3v) is 6.92. The molecule has 42 heavy (non-hydrogen) atoms. The van der Waals surface area contributed by atoms with Crippen LogP contribution in [0, 0.1) is 5.82 Å². The minimum absolute atomic E-state index is 0.00515. The number of pyridine rings is 2. The largest absolute Gasteiger partial charge is 0.418 e. The second-order valence-corrected chi connectivity index (χ2v) is 10.3. The number of alkyl halides is 3. The predicted octanol–water partition coefficient (Wildman–Crippen LogP) is 4.65. The molecule has 3 heterocycles. The van der Waals surface area contributed by atoms with Gasteiger partial charge in [-0.1, -0.05) is 0 Å². The molecule has 13 heteroatoms. The van der Waals surface area contributed by atoms with E-state index in [1.165, 1.54) is 41.5 Å². The molecule has 1 aromatic carbocycles. The Balaban J connectivity index is 1.68. The van der Waals surface area contributed by atoms with E-state index in [0.717, 1.165) is 23.6 Å². The number of aromatic amines is 1. The van der Waals surface area contributed by atoms with Gasteiger partial charge >= 0.3 is 6.18 Å². The zero-order chi connectivity index (χ0) is 30.2. The summed E-state index contributed by atoms with van der Waals surface area (Å²) in [7, 11) is 1.54. The standard InChI is InChI=1S/C29H31F4N7O2/c1-16(34)14-40(35)25-11-19(30)5-6-21(25)18-9-24(17-3-4-17)38-26(10-18)39-15-23(29(31,32)33)22-12-20(13-36-7-8-42-2)37-27(22)28(39)41/h5-6,9-12,14-15,17,36-37H,3-4,7-8,13,34-35H2,1-2H3/b16-14-. The van der Waals surface area contributed by atoms with Crippen LogP contribution in [-0.4, -0.2) is 34.8 Å². The van der Waals surface area contributed by atoms with Crippen LogP contribution in [0.1, 0.15) is 42.6 Å². The lowest BCUT2D eigenvalue weighted by Gasteiger charge is -2.20. The SMILES string of the molecule is COCCNCc1cc2c(C(F)(F)F)cn(-c3cc(-c4ccc(F)cc4N(N)/C=C(/C)N)cc(C4CC4)n3)c(=O)c2[nH]1. The highest BCUT2D eigenvalue weighted by atomic mass is 19.4. The molecule has 5 rings (SSSR count). The summed E-state index contributed by atoms with van der Waals surface area (Å²) in [6.45, 7) is 2.74. The van der Waals surface area contributed by atoms with Crippen LogP contribution >= 0.6 is 0 Å². The lowest BCUT2D eigenvalue weighted by Crippen LogP contribution is -2.26. The fourth-order valence-electron chi connectivity index (χ4n) is 4.81. The summed E-state index contributed by atoms with van der Waals surface area (Å²) in [6.07, 6.45) is -0.845. The quantitative estimate of drug-likeness (QED) is 0.0924. The van der Waals surface area contributed by atoms with E-state index in [-0.39, 0.29) is 34.9 Å². The first-order valence-corrected chi connectivity index (χ1v) is 13.3. The lowest BCUT2D eigenvalue weighted by atomic mass is 10.0. The minimum atomic E-state index is -4.75. The van der Waals surface area contributed by atoms with Crippen molar-refractivity contribution in [3.8, 4) is 16.9 Å². The van der Waals surface area contributed by atoms with Crippen LogP contribution in [0.25, 0.3) is 27.8 Å². The summed E-state index contributed by atoms with van der Waals surface area (Å²) in [5.74, 6) is 5.72. The van der Waals surface area contributed by atoms with Gasteiger partial charge in [0.15, 0.2) is 0 Å². The molecular formula is C29H31F4N7O2. The average molecular weight is 586 g/mol. The highest BCUT2D eigenvalue weighted by Crippen LogP contribution is 2.42. The number of methoxy groups -OCH3 is 1. The molecule has 6 N–H and O–H groups in total. The fourth-order valence-corrected chi connectivity index (χ4v) is 4.81. The molecule has 222 valence electrons. The molecule has 0 saturated heterocycles. The highest BCUT2D eigenvalue weighted by molar-refractivity contribution is 5.84. The van der Waals surface area contributed by atoms with Crippen LogP contribution in [0.15, 0.2) is 59.3 Å². The van der Waals surface area contributed by atoms with Crippen molar-refractivity contribution in [1.29, 1.82) is 0 Å². The third kappa shape index (κ3) is 6.17. The molecule has 0 bridgehead atoms. The maximum Gasteiger partial charge on any atom is 0.418 e. The van der Waals surface area contributed by atoms with Crippen molar-refractivity contribution in [3.05, 3.63) is 87.6 Å². The first-order valence-electron chi connectivity index (χ1n) is 13.3. The Morgan fingerprint density at radius 1 is 1.26 bits per heavy atom. The van der Waals surface area contributed by atoms with Crippen molar-refractivity contribution in [2.24, 2.45) is 11.6 Å². The number of hydrogen-bond acceptors (Lipinski definition) is 7. The molecule has 3 aromatic heterocycles. The second-order valence-electron chi connectivity index (χ2n) is 10.3. The van der Waals surface area contributed by atoms with Crippen LogP contribution in [0.2, 0.25) is 0 Å². The second kappa shape index (κ2) is 11.6. The first kappa shape index (κ1) is 29.3. The van der Waals surface area contributed by atoms with Crippen LogP contribution in [-0.2, 0) is 17.5 Å². The van der Waals surface area contributed by atoms with Gasteiger partial charge in [-0.15, -0.1) is 0 Å². The number of aromatic nitrogens is 3. The van der Waals surface area contributed by atoms with Crippen LogP contribution in [0.4, 0.5) is 23.2 Å². The van der Waals surface area contributed by atoms with Gasteiger partial charge in [0.25, 0.3) is 5.56 Å². The van der Waals surface area contributed by atoms with E-state index in [4.69, 9.17) is 16.3 Å². The zero-order valence-corrected chi connectivity index (χ0v) is 23.1. The number of halogens is 4. The Morgan fingerprint density at radius 2 is 2.02 bits per heavy atom. The van der Waals surface area contributed by atoms with Crippen molar-refractivity contribution in [3.63, 3.8) is 0 Å². The van der Waals surface area contributed by atoms with Gasteiger partial charge in [-0.2, -0.15) is 13.2 Å². The van der Waals surface area contributed by atoms with Gasteiger partial charge in [0.05, 0.1) is 17.9 Å². The number of H-pyrrole nitrogens is 1. The van der Waals surface area contributed by atoms with Gasteiger partial charge in [-0.3, -0.25) is 14.4 Å². The van der Waals surface area contributed by atoms with Crippen LogP contribution in [0.3, 0.4) is 0 Å². The molecule has 0 amide bonds. The third-order valence-electron chi connectivity index (χ3n) is 6.92. The fraction of sp³-hybridized carbons (Fsp3) is 0.310. The molecule has 1 fully saturated rings. The lowest BCUT2D eigenvalue weighted by molar-refractivity contribution is -0.136. The molecule has 0 radical (unpaired) electrons. The van der Waals surface area contributed by atoms with Gasteiger partial charge < -0.3 is 20.8 Å². The Morgan fingerprint density at radius 3 is 2.69 bits per heavy atom. The van der Waals surface area contributed by atoms with Gasteiger partial charge in [0, 0.05) is 66.5 Å². The topological polar surface area (TPSA) is 127 Å². The summed E-state index contributed by atoms with van der Waals surface area (Å²) >= 11 is 0. The number of hydrogen-bond donors (Lipinski definition) is 4. The minimum Gasteiger partial charge on any atom is -0.401 e. The maximum absolute atomic E-state index is 14.3. The van der Waals surface area contributed by atoms with Crippen molar-refractivity contribution >= 4 is 16.6 Å². The van der Waals surface area contributed by atoms with Gasteiger partial charge in [0.2, 0.25) is 0 Å². The zero-order valence-electron chi connectivity index (χ0n) is 23.1. The van der Waals surface area contributed by atoms with E-state index in [2.05, 4.69) is 15.3 Å². The normalized spacial score (nSPS) is 14.1. The Bertz CT molecular complexity index is 1700. The monoisotopic (exact) mass is 585 g/mol. The van der Waals surface area contributed by atoms with E-state index in [1.54, 1.807) is 20.1 Å². The molecule has 1 aliphatic carbocycles. The van der Waals surface area contributed by atoms with E-state index in [1.807, 2.05) is 0 Å². The number of nitrogens with one attached hydrogen (secondary N) is 2. The highest BCUT2D eigenvalue weighted by Gasteiger charge is 2.35. The first-order chi connectivity index (χ1) is 20.0. The summed E-state index contributed by atoms with van der Waals surface area (Å²) in [4.78, 5) is 21.1. The summed E-state index contributed by atoms with van der Waals surface area (Å²) in [5.41, 5.74) is 6.59. The van der Waals surface area contributed by atoms with E-state index in [9.17, 15) is 22.4 Å². The number of fused-ring (bicyclic) bond motifs is 1. The molecular weight excluding hydrogens is 554 g/mol. The van der Waals surface area contributed by atoms with Gasteiger partial charge in [-0.25, -0.2) is 15.2 Å². The Hall–Kier alpha value is -4.20. The predicted molar refractivity (Wildman–Crippen MR) is 152 cm³/mol. The molecule has 0 spiro atoms. The smallest absolute Gasteiger partial charge is 0.401 e. The number of nitrogens with two attached hydrogens (primary N) is 2. The molecule has 4 aromatic rings. The number of allylic oxidation sites excluding steroid dienone is 1. The van der Waals surface area contributed by atoms with Crippen molar-refractivity contribution in [2.75, 3.05) is 25.3 Å². The number of rotatable bonds is 10. The van der Waals surface area contributed by atoms with Crippen molar-refractivity contribution < 1.29 is 22.3 Å². The van der Waals surface area contributed by atoms with E-state index >= 15 is 0 Å². The Labute approximate surface area is 238 Å². The molecule has 0 aliphatic heterocycles. The van der Waals surface area contributed by atoms with Crippen molar-refractivity contribution in [1.82, 2.24) is 19.9 Å². The van der Waals surface area contributed by atoms with Crippen molar-refractivity contribution in [2.45, 2.75) is 38.4 Å².